The Morgan fingerprint density at radius 1 is 1.29 bits per heavy atom. The van der Waals surface area contributed by atoms with Gasteiger partial charge in [-0.3, -0.25) is 4.72 Å². The van der Waals surface area contributed by atoms with Crippen molar-refractivity contribution in [3.8, 4) is 0 Å². The van der Waals surface area contributed by atoms with Gasteiger partial charge < -0.3 is 16.0 Å². The van der Waals surface area contributed by atoms with Crippen LogP contribution in [0.2, 0.25) is 0 Å². The van der Waals surface area contributed by atoms with Gasteiger partial charge in [0.25, 0.3) is 0 Å². The monoisotopic (exact) mass is 396 g/mol. The highest BCUT2D eigenvalue weighted by Crippen LogP contribution is 2.46. The smallest absolute Gasteiger partial charge is 0.0384 e. The predicted octanol–water partition coefficient (Wildman–Crippen LogP) is 5.15. The van der Waals surface area contributed by atoms with E-state index in [2.05, 4.69) is 85.0 Å². The molecule has 0 saturated carbocycles. The number of nitrogens with one attached hydrogen (secondary N) is 4. The molecule has 1 atom stereocenters. The molecule has 0 saturated heterocycles. The lowest BCUT2D eigenvalue weighted by atomic mass is 9.67. The van der Waals surface area contributed by atoms with E-state index >= 15 is 0 Å². The summed E-state index contributed by atoms with van der Waals surface area (Å²) < 4.78 is 2.96. The van der Waals surface area contributed by atoms with Gasteiger partial charge in [0.15, 0.2) is 0 Å². The molecule has 0 fully saturated rings. The van der Waals surface area contributed by atoms with E-state index < -0.39 is 0 Å². The molecule has 150 valence electrons. The largest absolute Gasteiger partial charge is 0.394 e. The molecule has 0 spiro atoms. The molecule has 0 bridgehead atoms. The highest BCUT2D eigenvalue weighted by atomic mass is 32.1. The Hall–Kier alpha value is -2.24. The summed E-state index contributed by atoms with van der Waals surface area (Å²) in [5.74, 6) is 0. The van der Waals surface area contributed by atoms with Crippen molar-refractivity contribution in [1.29, 1.82) is 5.41 Å². The third-order valence-corrected chi connectivity index (χ3v) is 5.48. The fraction of sp³-hybridized carbons (Fsp3) is 0.348. The summed E-state index contributed by atoms with van der Waals surface area (Å²) >= 11 is 4.17. The fourth-order valence-electron chi connectivity index (χ4n) is 3.71. The first-order chi connectivity index (χ1) is 13.5. The molecule has 1 aliphatic carbocycles. The number of benzene rings is 1. The van der Waals surface area contributed by atoms with Crippen LogP contribution < -0.4 is 15.4 Å². The number of allylic oxidation sites excluding steroid dienone is 4. The van der Waals surface area contributed by atoms with Crippen molar-refractivity contribution in [2.45, 2.75) is 33.1 Å². The highest BCUT2D eigenvalue weighted by Gasteiger charge is 2.35. The number of hydrogen-bond donors (Lipinski definition) is 5. The molecular weight excluding hydrogens is 364 g/mol. The normalized spacial score (nSPS) is 19.9. The fourth-order valence-corrected chi connectivity index (χ4v) is 3.83. The predicted molar refractivity (Wildman–Crippen MR) is 125 cm³/mol. The lowest BCUT2D eigenvalue weighted by molar-refractivity contribution is 0.431. The van der Waals surface area contributed by atoms with Crippen molar-refractivity contribution in [1.82, 2.24) is 10.0 Å². The minimum atomic E-state index is -0.201. The van der Waals surface area contributed by atoms with Gasteiger partial charge in [0.05, 0.1) is 0 Å². The van der Waals surface area contributed by atoms with E-state index in [1.54, 1.807) is 0 Å². The number of aryl methyl sites for hydroxylation is 1. The molecule has 0 heterocycles. The summed E-state index contributed by atoms with van der Waals surface area (Å²) in [5, 5.41) is 14.4. The van der Waals surface area contributed by atoms with Crippen LogP contribution >= 0.6 is 12.8 Å². The second-order valence-electron chi connectivity index (χ2n) is 7.38. The van der Waals surface area contributed by atoms with Crippen molar-refractivity contribution in [2.24, 2.45) is 5.41 Å². The van der Waals surface area contributed by atoms with Crippen molar-refractivity contribution < 1.29 is 0 Å². The van der Waals surface area contributed by atoms with Crippen molar-refractivity contribution in [3.05, 3.63) is 77.2 Å². The van der Waals surface area contributed by atoms with E-state index in [-0.39, 0.29) is 5.41 Å². The van der Waals surface area contributed by atoms with Crippen LogP contribution in [-0.2, 0) is 0 Å². The maximum absolute atomic E-state index is 7.77. The van der Waals surface area contributed by atoms with E-state index in [1.165, 1.54) is 22.9 Å². The first kappa shape index (κ1) is 22.1. The van der Waals surface area contributed by atoms with E-state index in [9.17, 15) is 0 Å². The average Bonchev–Trinajstić information content (AvgIpc) is 2.70. The molecule has 5 heteroatoms. The minimum absolute atomic E-state index is 0.201. The summed E-state index contributed by atoms with van der Waals surface area (Å²) in [7, 11) is 1.86. The van der Waals surface area contributed by atoms with Crippen LogP contribution in [0.4, 0.5) is 5.69 Å². The van der Waals surface area contributed by atoms with Crippen molar-refractivity contribution in [2.75, 3.05) is 18.9 Å². The van der Waals surface area contributed by atoms with Gasteiger partial charge >= 0.3 is 0 Å². The maximum Gasteiger partial charge on any atom is 0.0384 e. The Kier molecular flexibility index (Phi) is 8.15. The van der Waals surface area contributed by atoms with Crippen LogP contribution in [0, 0.1) is 17.7 Å². The average molecular weight is 397 g/mol. The van der Waals surface area contributed by atoms with Crippen molar-refractivity contribution in [3.63, 3.8) is 0 Å². The molecule has 1 unspecified atom stereocenters. The number of anilines is 1. The molecule has 0 amide bonds. The third-order valence-electron chi connectivity index (χ3n) is 5.26. The lowest BCUT2D eigenvalue weighted by Gasteiger charge is -2.38. The molecule has 4 nitrogen and oxygen atoms in total. The Morgan fingerprint density at radius 2 is 2.00 bits per heavy atom. The van der Waals surface area contributed by atoms with E-state index in [4.69, 9.17) is 5.41 Å². The summed E-state index contributed by atoms with van der Waals surface area (Å²) in [4.78, 5) is 0. The minimum Gasteiger partial charge on any atom is -0.394 e. The zero-order valence-electron chi connectivity index (χ0n) is 17.1. The first-order valence-corrected chi connectivity index (χ1v) is 10.0. The summed E-state index contributed by atoms with van der Waals surface area (Å²) in [6.07, 6.45) is 10.1. The van der Waals surface area contributed by atoms with Crippen LogP contribution in [-0.4, -0.2) is 19.8 Å². The van der Waals surface area contributed by atoms with Gasteiger partial charge in [0, 0.05) is 42.8 Å². The SMILES string of the molecule is C=CC1(C/C(C=N)=C/NC)CC(C)=C(Nc2ccc(C)cc2)C=C1CCNS. The van der Waals surface area contributed by atoms with E-state index in [1.807, 2.05) is 13.2 Å². The second-order valence-corrected chi connectivity index (χ2v) is 7.70. The Morgan fingerprint density at radius 3 is 2.57 bits per heavy atom. The molecule has 0 aliphatic heterocycles. The van der Waals surface area contributed by atoms with E-state index in [0.29, 0.717) is 0 Å². The first-order valence-electron chi connectivity index (χ1n) is 9.60. The van der Waals surface area contributed by atoms with E-state index in [0.717, 1.165) is 42.8 Å². The molecule has 1 aromatic carbocycles. The molecule has 1 aromatic rings. The topological polar surface area (TPSA) is 59.9 Å². The summed E-state index contributed by atoms with van der Waals surface area (Å²) in [6.45, 7) is 9.21. The van der Waals surface area contributed by atoms with Crippen molar-refractivity contribution >= 4 is 24.7 Å². The Bertz CT molecular complexity index is 789. The highest BCUT2D eigenvalue weighted by molar-refractivity contribution is 7.78. The standard InChI is InChI=1S/C23H32N4S/c1-5-23(14-19(15-24)16-25-4)13-18(3)22(12-20(23)10-11-26-28)27-21-8-6-17(2)7-9-21/h5-9,12,15-16,24-28H,1,10-11,13-14H2,2-4H3/b19-16-,24-15?. The zero-order chi connectivity index (χ0) is 20.6. The molecule has 28 heavy (non-hydrogen) atoms. The Labute approximate surface area is 174 Å². The molecule has 1 aliphatic rings. The number of thiol groups is 1. The van der Waals surface area contributed by atoms with Gasteiger partial charge in [0.1, 0.15) is 0 Å². The van der Waals surface area contributed by atoms with Gasteiger partial charge in [-0.25, -0.2) is 0 Å². The summed E-state index contributed by atoms with van der Waals surface area (Å²) in [5.41, 5.74) is 6.82. The van der Waals surface area contributed by atoms with Gasteiger partial charge in [-0.05, 0) is 62.5 Å². The van der Waals surface area contributed by atoms with Crippen LogP contribution in [0.15, 0.2) is 71.6 Å². The second kappa shape index (κ2) is 10.3. The van der Waals surface area contributed by atoms with Gasteiger partial charge in [-0.15, -0.1) is 6.58 Å². The van der Waals surface area contributed by atoms with Crippen LogP contribution in [0.25, 0.3) is 0 Å². The van der Waals surface area contributed by atoms with Crippen LogP contribution in [0.1, 0.15) is 31.7 Å². The Balaban J connectivity index is 2.38. The molecule has 2 rings (SSSR count). The third kappa shape index (κ3) is 5.40. The number of rotatable bonds is 10. The number of hydrogen-bond acceptors (Lipinski definition) is 5. The molecule has 4 N–H and O–H groups in total. The lowest BCUT2D eigenvalue weighted by Crippen LogP contribution is -2.28. The van der Waals surface area contributed by atoms with Gasteiger partial charge in [0.2, 0.25) is 0 Å². The zero-order valence-corrected chi connectivity index (χ0v) is 18.0. The maximum atomic E-state index is 7.77. The van der Waals surface area contributed by atoms with Crippen LogP contribution in [0.3, 0.4) is 0 Å². The molecular formula is C23H32N4S. The van der Waals surface area contributed by atoms with Gasteiger partial charge in [-0.1, -0.05) is 42.2 Å². The quantitative estimate of drug-likeness (QED) is 0.216. The molecule has 0 radical (unpaired) electrons. The summed E-state index contributed by atoms with van der Waals surface area (Å²) in [6, 6.07) is 8.44. The van der Waals surface area contributed by atoms with Gasteiger partial charge in [-0.2, -0.15) is 0 Å². The van der Waals surface area contributed by atoms with Crippen LogP contribution in [0.5, 0.6) is 0 Å². The molecule has 0 aromatic heterocycles.